The van der Waals surface area contributed by atoms with E-state index >= 15 is 0 Å². The van der Waals surface area contributed by atoms with Crippen molar-refractivity contribution in [2.75, 3.05) is 40.9 Å². The molecular formula is C21H30N2O2. The normalized spacial score (nSPS) is 10.9. The summed E-state index contributed by atoms with van der Waals surface area (Å²) in [5.41, 5.74) is 2.48. The molecule has 0 aliphatic carbocycles. The first kappa shape index (κ1) is 19.3. The quantitative estimate of drug-likeness (QED) is 0.635. The summed E-state index contributed by atoms with van der Waals surface area (Å²) in [4.78, 5) is 2.17. The van der Waals surface area contributed by atoms with Gasteiger partial charge in [0, 0.05) is 18.7 Å². The summed E-state index contributed by atoms with van der Waals surface area (Å²) >= 11 is 0. The summed E-state index contributed by atoms with van der Waals surface area (Å²) in [7, 11) is 5.85. The predicted molar refractivity (Wildman–Crippen MR) is 104 cm³/mol. The van der Waals surface area contributed by atoms with E-state index in [2.05, 4.69) is 54.6 Å². The molecule has 0 saturated heterocycles. The van der Waals surface area contributed by atoms with Gasteiger partial charge < -0.3 is 19.7 Å². The Morgan fingerprint density at radius 3 is 2.56 bits per heavy atom. The minimum absolute atomic E-state index is 0.724. The number of methoxy groups -OCH3 is 1. The third-order valence-corrected chi connectivity index (χ3v) is 4.02. The molecule has 0 aliphatic heterocycles. The number of benzene rings is 2. The molecule has 0 fully saturated rings. The van der Waals surface area contributed by atoms with Crippen LogP contribution in [0.15, 0.2) is 48.5 Å². The molecule has 0 saturated carbocycles. The zero-order valence-electron chi connectivity index (χ0n) is 15.6. The van der Waals surface area contributed by atoms with Crippen LogP contribution in [0.1, 0.15) is 17.5 Å². The maximum atomic E-state index is 5.98. The Balaban J connectivity index is 1.85. The van der Waals surface area contributed by atoms with Crippen molar-refractivity contribution in [1.29, 1.82) is 0 Å². The summed E-state index contributed by atoms with van der Waals surface area (Å²) < 4.78 is 11.3. The first-order valence-corrected chi connectivity index (χ1v) is 8.88. The molecule has 0 spiro atoms. The second-order valence-electron chi connectivity index (χ2n) is 6.39. The third-order valence-electron chi connectivity index (χ3n) is 4.02. The Hall–Kier alpha value is -2.04. The molecule has 1 N–H and O–H groups in total. The van der Waals surface area contributed by atoms with Crippen molar-refractivity contribution >= 4 is 0 Å². The molecule has 4 heteroatoms. The monoisotopic (exact) mass is 342 g/mol. The number of rotatable bonds is 11. The molecule has 0 heterocycles. The number of nitrogens with one attached hydrogen (secondary N) is 1. The summed E-state index contributed by atoms with van der Waals surface area (Å²) in [5, 5.41) is 3.51. The van der Waals surface area contributed by atoms with Crippen molar-refractivity contribution in [3.05, 3.63) is 59.7 Å². The van der Waals surface area contributed by atoms with Gasteiger partial charge in [0.15, 0.2) is 0 Å². The maximum absolute atomic E-state index is 5.98. The molecular weight excluding hydrogens is 312 g/mol. The predicted octanol–water partition coefficient (Wildman–Crippen LogP) is 3.36. The van der Waals surface area contributed by atoms with Crippen LogP contribution in [0.25, 0.3) is 0 Å². The van der Waals surface area contributed by atoms with E-state index in [4.69, 9.17) is 9.47 Å². The first-order chi connectivity index (χ1) is 12.2. The Bertz CT molecular complexity index is 615. The molecule has 2 aromatic rings. The average Bonchev–Trinajstić information content (AvgIpc) is 2.63. The van der Waals surface area contributed by atoms with Gasteiger partial charge in [0.1, 0.15) is 11.5 Å². The van der Waals surface area contributed by atoms with E-state index in [0.29, 0.717) is 0 Å². The molecule has 25 heavy (non-hydrogen) atoms. The SMILES string of the molecule is COc1ccc(OCCCN(C)C)c(CNCCc2ccccc2)c1. The van der Waals surface area contributed by atoms with Crippen LogP contribution in [0.3, 0.4) is 0 Å². The standard InChI is InChI=1S/C21H30N2O2/c1-23(2)14-7-15-25-21-11-10-20(24-3)16-19(21)17-22-13-12-18-8-5-4-6-9-18/h4-6,8-11,16,22H,7,12-15,17H2,1-3H3. The fourth-order valence-corrected chi connectivity index (χ4v) is 2.63. The largest absolute Gasteiger partial charge is 0.497 e. The number of nitrogens with zero attached hydrogens (tertiary/aromatic N) is 1. The fourth-order valence-electron chi connectivity index (χ4n) is 2.63. The molecule has 0 unspecified atom stereocenters. The lowest BCUT2D eigenvalue weighted by Crippen LogP contribution is -2.18. The Kier molecular flexibility index (Phi) is 8.29. The van der Waals surface area contributed by atoms with E-state index in [1.54, 1.807) is 7.11 Å². The highest BCUT2D eigenvalue weighted by Gasteiger charge is 2.06. The second kappa shape index (κ2) is 10.7. The van der Waals surface area contributed by atoms with Crippen LogP contribution in [0.5, 0.6) is 11.5 Å². The molecule has 0 radical (unpaired) electrons. The minimum atomic E-state index is 0.724. The summed E-state index contributed by atoms with van der Waals surface area (Å²) in [6.07, 6.45) is 2.03. The fraction of sp³-hybridized carbons (Fsp3) is 0.429. The highest BCUT2D eigenvalue weighted by atomic mass is 16.5. The summed E-state index contributed by atoms with van der Waals surface area (Å²) in [6, 6.07) is 16.5. The van der Waals surface area contributed by atoms with Crippen LogP contribution >= 0.6 is 0 Å². The van der Waals surface area contributed by atoms with Crippen LogP contribution in [0, 0.1) is 0 Å². The van der Waals surface area contributed by atoms with E-state index in [0.717, 1.165) is 56.1 Å². The van der Waals surface area contributed by atoms with E-state index in [-0.39, 0.29) is 0 Å². The lowest BCUT2D eigenvalue weighted by Gasteiger charge is -2.15. The van der Waals surface area contributed by atoms with Crippen LogP contribution in [0.2, 0.25) is 0 Å². The topological polar surface area (TPSA) is 33.7 Å². The van der Waals surface area contributed by atoms with Crippen molar-refractivity contribution in [2.45, 2.75) is 19.4 Å². The van der Waals surface area contributed by atoms with Gasteiger partial charge in [0.25, 0.3) is 0 Å². The molecule has 4 nitrogen and oxygen atoms in total. The van der Waals surface area contributed by atoms with Gasteiger partial charge in [-0.1, -0.05) is 30.3 Å². The van der Waals surface area contributed by atoms with Crippen molar-refractivity contribution in [2.24, 2.45) is 0 Å². The first-order valence-electron chi connectivity index (χ1n) is 8.88. The smallest absolute Gasteiger partial charge is 0.124 e. The van der Waals surface area contributed by atoms with E-state index in [1.807, 2.05) is 18.2 Å². The second-order valence-corrected chi connectivity index (χ2v) is 6.39. The van der Waals surface area contributed by atoms with Gasteiger partial charge >= 0.3 is 0 Å². The van der Waals surface area contributed by atoms with E-state index in [1.165, 1.54) is 5.56 Å². The summed E-state index contributed by atoms with van der Waals surface area (Å²) in [6.45, 7) is 3.46. The molecule has 0 bridgehead atoms. The molecule has 0 aromatic heterocycles. The average molecular weight is 342 g/mol. The molecule has 2 aromatic carbocycles. The third kappa shape index (κ3) is 7.16. The molecule has 136 valence electrons. The maximum Gasteiger partial charge on any atom is 0.124 e. The van der Waals surface area contributed by atoms with Gasteiger partial charge in [-0.25, -0.2) is 0 Å². The van der Waals surface area contributed by atoms with Crippen LogP contribution in [0.4, 0.5) is 0 Å². The number of ether oxygens (including phenoxy) is 2. The lowest BCUT2D eigenvalue weighted by atomic mass is 10.1. The zero-order chi connectivity index (χ0) is 17.9. The van der Waals surface area contributed by atoms with Crippen molar-refractivity contribution in [3.8, 4) is 11.5 Å². The molecule has 0 aliphatic rings. The zero-order valence-corrected chi connectivity index (χ0v) is 15.6. The van der Waals surface area contributed by atoms with Gasteiger partial charge in [-0.15, -0.1) is 0 Å². The number of hydrogen-bond donors (Lipinski definition) is 1. The van der Waals surface area contributed by atoms with Gasteiger partial charge in [0.05, 0.1) is 13.7 Å². The lowest BCUT2D eigenvalue weighted by molar-refractivity contribution is 0.278. The highest BCUT2D eigenvalue weighted by molar-refractivity contribution is 5.40. The van der Waals surface area contributed by atoms with E-state index < -0.39 is 0 Å². The van der Waals surface area contributed by atoms with Crippen LogP contribution in [-0.2, 0) is 13.0 Å². The Morgan fingerprint density at radius 1 is 1.04 bits per heavy atom. The van der Waals surface area contributed by atoms with Gasteiger partial charge in [-0.05, 0) is 57.2 Å². The van der Waals surface area contributed by atoms with Crippen LogP contribution < -0.4 is 14.8 Å². The molecule has 2 rings (SSSR count). The Labute approximate surface area is 151 Å². The van der Waals surface area contributed by atoms with Crippen molar-refractivity contribution in [3.63, 3.8) is 0 Å². The van der Waals surface area contributed by atoms with Crippen molar-refractivity contribution in [1.82, 2.24) is 10.2 Å². The molecule has 0 amide bonds. The van der Waals surface area contributed by atoms with Crippen LogP contribution in [-0.4, -0.2) is 45.8 Å². The van der Waals surface area contributed by atoms with Crippen molar-refractivity contribution < 1.29 is 9.47 Å². The highest BCUT2D eigenvalue weighted by Crippen LogP contribution is 2.24. The number of hydrogen-bond acceptors (Lipinski definition) is 4. The van der Waals surface area contributed by atoms with Gasteiger partial charge in [0.2, 0.25) is 0 Å². The summed E-state index contributed by atoms with van der Waals surface area (Å²) in [5.74, 6) is 1.80. The van der Waals surface area contributed by atoms with Gasteiger partial charge in [-0.3, -0.25) is 0 Å². The molecule has 0 atom stereocenters. The Morgan fingerprint density at radius 2 is 1.84 bits per heavy atom. The van der Waals surface area contributed by atoms with E-state index in [9.17, 15) is 0 Å². The minimum Gasteiger partial charge on any atom is -0.497 e. The van der Waals surface area contributed by atoms with Gasteiger partial charge in [-0.2, -0.15) is 0 Å².